The standard InChI is InChI=1S/C21H28F2O/c1-3-5-6-15-24-19-14-13-18(20(22)21(19)23)12-11-17-9-7-16(4-2)8-10-17/h13-14,16-17H,3-10,15H2,1-2H3/t16-,17-. The molecule has 1 aromatic carbocycles. The number of benzene rings is 1. The van der Waals surface area contributed by atoms with Crippen LogP contribution in [0.1, 0.15) is 70.8 Å². The minimum Gasteiger partial charge on any atom is -0.490 e. The van der Waals surface area contributed by atoms with E-state index in [9.17, 15) is 8.78 Å². The molecule has 1 nitrogen and oxygen atoms in total. The van der Waals surface area contributed by atoms with Crippen molar-refractivity contribution in [3.63, 3.8) is 0 Å². The fourth-order valence-corrected chi connectivity index (χ4v) is 3.17. The van der Waals surface area contributed by atoms with E-state index in [-0.39, 0.29) is 11.3 Å². The molecule has 24 heavy (non-hydrogen) atoms. The Morgan fingerprint density at radius 2 is 1.79 bits per heavy atom. The Labute approximate surface area is 144 Å². The lowest BCUT2D eigenvalue weighted by Crippen LogP contribution is -2.12. The molecule has 132 valence electrons. The van der Waals surface area contributed by atoms with Gasteiger partial charge in [0.15, 0.2) is 11.6 Å². The number of rotatable bonds is 6. The van der Waals surface area contributed by atoms with Crippen LogP contribution in [-0.2, 0) is 0 Å². The van der Waals surface area contributed by atoms with E-state index in [2.05, 4.69) is 25.7 Å². The van der Waals surface area contributed by atoms with Crippen molar-refractivity contribution >= 4 is 0 Å². The van der Waals surface area contributed by atoms with E-state index in [1.165, 1.54) is 31.4 Å². The van der Waals surface area contributed by atoms with Crippen LogP contribution >= 0.6 is 0 Å². The summed E-state index contributed by atoms with van der Waals surface area (Å²) < 4.78 is 33.5. The molecule has 0 aromatic heterocycles. The summed E-state index contributed by atoms with van der Waals surface area (Å²) in [6.45, 7) is 4.72. The van der Waals surface area contributed by atoms with Crippen molar-refractivity contribution in [3.05, 3.63) is 29.3 Å². The average molecular weight is 334 g/mol. The first-order valence-corrected chi connectivity index (χ1v) is 9.28. The van der Waals surface area contributed by atoms with Gasteiger partial charge < -0.3 is 4.74 Å². The van der Waals surface area contributed by atoms with E-state index in [1.54, 1.807) is 0 Å². The molecule has 0 heterocycles. The van der Waals surface area contributed by atoms with E-state index in [1.807, 2.05) is 0 Å². The quantitative estimate of drug-likeness (QED) is 0.451. The van der Waals surface area contributed by atoms with Crippen molar-refractivity contribution in [2.24, 2.45) is 11.8 Å². The molecular weight excluding hydrogens is 306 g/mol. The number of hydrogen-bond donors (Lipinski definition) is 0. The van der Waals surface area contributed by atoms with Crippen LogP contribution in [0.4, 0.5) is 8.78 Å². The lowest BCUT2D eigenvalue weighted by molar-refractivity contribution is 0.286. The van der Waals surface area contributed by atoms with Gasteiger partial charge in [-0.05, 0) is 50.2 Å². The molecule has 0 unspecified atom stereocenters. The summed E-state index contributed by atoms with van der Waals surface area (Å²) in [6.07, 6.45) is 8.67. The monoisotopic (exact) mass is 334 g/mol. The fourth-order valence-electron chi connectivity index (χ4n) is 3.17. The van der Waals surface area contributed by atoms with E-state index in [4.69, 9.17) is 4.74 Å². The lowest BCUT2D eigenvalue weighted by atomic mass is 9.81. The van der Waals surface area contributed by atoms with Crippen molar-refractivity contribution in [1.82, 2.24) is 0 Å². The fraction of sp³-hybridized carbons (Fsp3) is 0.619. The van der Waals surface area contributed by atoms with Gasteiger partial charge in [0.1, 0.15) is 0 Å². The van der Waals surface area contributed by atoms with E-state index in [0.29, 0.717) is 12.5 Å². The summed E-state index contributed by atoms with van der Waals surface area (Å²) in [6, 6.07) is 3.01. The summed E-state index contributed by atoms with van der Waals surface area (Å²) in [5.74, 6) is 5.25. The first kappa shape index (κ1) is 18.8. The highest BCUT2D eigenvalue weighted by molar-refractivity contribution is 5.41. The van der Waals surface area contributed by atoms with Crippen LogP contribution in [0.15, 0.2) is 12.1 Å². The number of hydrogen-bond acceptors (Lipinski definition) is 1. The van der Waals surface area contributed by atoms with Gasteiger partial charge in [0.25, 0.3) is 0 Å². The first-order valence-electron chi connectivity index (χ1n) is 9.28. The van der Waals surface area contributed by atoms with Crippen LogP contribution in [-0.4, -0.2) is 6.61 Å². The number of ether oxygens (including phenoxy) is 1. The molecule has 1 fully saturated rings. The van der Waals surface area contributed by atoms with Crippen LogP contribution < -0.4 is 4.74 Å². The summed E-state index contributed by atoms with van der Waals surface area (Å²) in [5.41, 5.74) is 0.131. The first-order chi connectivity index (χ1) is 11.7. The third-order valence-corrected chi connectivity index (χ3v) is 4.89. The highest BCUT2D eigenvalue weighted by Crippen LogP contribution is 2.30. The molecule has 1 aliphatic rings. The second-order valence-electron chi connectivity index (χ2n) is 6.69. The Morgan fingerprint density at radius 1 is 1.04 bits per heavy atom. The molecule has 0 N–H and O–H groups in total. The third-order valence-electron chi connectivity index (χ3n) is 4.89. The zero-order valence-corrected chi connectivity index (χ0v) is 14.8. The molecule has 0 bridgehead atoms. The number of unbranched alkanes of at least 4 members (excludes halogenated alkanes) is 2. The van der Waals surface area contributed by atoms with E-state index < -0.39 is 11.6 Å². The van der Waals surface area contributed by atoms with Crippen molar-refractivity contribution in [2.75, 3.05) is 6.61 Å². The highest BCUT2D eigenvalue weighted by Gasteiger charge is 2.18. The zero-order valence-electron chi connectivity index (χ0n) is 14.8. The Morgan fingerprint density at radius 3 is 2.46 bits per heavy atom. The zero-order chi connectivity index (χ0) is 17.4. The maximum absolute atomic E-state index is 14.2. The molecule has 0 saturated heterocycles. The minimum absolute atomic E-state index is 0.0161. The molecular formula is C21H28F2O. The molecule has 3 heteroatoms. The molecule has 0 aliphatic heterocycles. The van der Waals surface area contributed by atoms with E-state index in [0.717, 1.165) is 38.0 Å². The Kier molecular flexibility index (Phi) is 7.56. The summed E-state index contributed by atoms with van der Waals surface area (Å²) >= 11 is 0. The normalized spacial score (nSPS) is 20.3. The average Bonchev–Trinajstić information content (AvgIpc) is 2.62. The molecule has 0 amide bonds. The second kappa shape index (κ2) is 9.67. The molecule has 0 spiro atoms. The SMILES string of the molecule is CCCCCOc1ccc(C#C[C@H]2CC[C@H](CC)CC2)c(F)c1F. The summed E-state index contributed by atoms with van der Waals surface area (Å²) in [7, 11) is 0. The maximum atomic E-state index is 14.2. The highest BCUT2D eigenvalue weighted by atomic mass is 19.2. The summed E-state index contributed by atoms with van der Waals surface area (Å²) in [4.78, 5) is 0. The van der Waals surface area contributed by atoms with Crippen molar-refractivity contribution in [3.8, 4) is 17.6 Å². The van der Waals surface area contributed by atoms with Crippen molar-refractivity contribution in [2.45, 2.75) is 65.2 Å². The molecule has 2 rings (SSSR count). The van der Waals surface area contributed by atoms with Gasteiger partial charge in [-0.1, -0.05) is 45.0 Å². The van der Waals surface area contributed by atoms with Crippen molar-refractivity contribution < 1.29 is 13.5 Å². The largest absolute Gasteiger partial charge is 0.490 e. The Bertz CT molecular complexity index is 577. The van der Waals surface area contributed by atoms with Crippen LogP contribution in [0.3, 0.4) is 0 Å². The van der Waals surface area contributed by atoms with E-state index >= 15 is 0 Å². The van der Waals surface area contributed by atoms with Crippen LogP contribution in [0.2, 0.25) is 0 Å². The third kappa shape index (κ3) is 5.23. The van der Waals surface area contributed by atoms with Gasteiger partial charge in [-0.25, -0.2) is 4.39 Å². The molecule has 0 atom stereocenters. The van der Waals surface area contributed by atoms with Crippen molar-refractivity contribution in [1.29, 1.82) is 0 Å². The van der Waals surface area contributed by atoms with Gasteiger partial charge in [0.05, 0.1) is 12.2 Å². The van der Waals surface area contributed by atoms with Gasteiger partial charge in [0, 0.05) is 5.92 Å². The van der Waals surface area contributed by atoms with Gasteiger partial charge >= 0.3 is 0 Å². The topological polar surface area (TPSA) is 9.23 Å². The number of halogens is 2. The molecule has 0 radical (unpaired) electrons. The Hall–Kier alpha value is -1.56. The predicted octanol–water partition coefficient (Wildman–Crippen LogP) is 6.10. The van der Waals surface area contributed by atoms with Gasteiger partial charge in [0.2, 0.25) is 5.82 Å². The van der Waals surface area contributed by atoms with Gasteiger partial charge in [-0.3, -0.25) is 0 Å². The summed E-state index contributed by atoms with van der Waals surface area (Å²) in [5, 5.41) is 0. The van der Waals surface area contributed by atoms with Crippen LogP contribution in [0, 0.1) is 35.3 Å². The smallest absolute Gasteiger partial charge is 0.201 e. The molecule has 1 saturated carbocycles. The minimum atomic E-state index is -0.923. The van der Waals surface area contributed by atoms with Crippen LogP contribution in [0.5, 0.6) is 5.75 Å². The van der Waals surface area contributed by atoms with Gasteiger partial charge in [-0.15, -0.1) is 0 Å². The molecule has 1 aliphatic carbocycles. The lowest BCUT2D eigenvalue weighted by Gasteiger charge is -2.24. The maximum Gasteiger partial charge on any atom is 0.201 e. The molecule has 1 aromatic rings. The predicted molar refractivity (Wildman–Crippen MR) is 94.0 cm³/mol. The Balaban J connectivity index is 1.97. The second-order valence-corrected chi connectivity index (χ2v) is 6.69. The van der Waals surface area contributed by atoms with Gasteiger partial charge in [-0.2, -0.15) is 4.39 Å². The van der Waals surface area contributed by atoms with Crippen LogP contribution in [0.25, 0.3) is 0 Å².